The summed E-state index contributed by atoms with van der Waals surface area (Å²) < 4.78 is 5.69. The number of hydrogen-bond donors (Lipinski definition) is 0. The topological polar surface area (TPSA) is 26.3 Å². The van der Waals surface area contributed by atoms with Crippen LogP contribution in [0, 0.1) is 11.8 Å². The molecule has 3 rings (SSSR count). The van der Waals surface area contributed by atoms with Crippen LogP contribution in [0.5, 0.6) is 0 Å². The van der Waals surface area contributed by atoms with Gasteiger partial charge in [0.2, 0.25) is 0 Å². The van der Waals surface area contributed by atoms with E-state index in [1.165, 1.54) is 43.2 Å². The van der Waals surface area contributed by atoms with Gasteiger partial charge in [0.15, 0.2) is 0 Å². The largest absolute Gasteiger partial charge is 0.459 e. The van der Waals surface area contributed by atoms with Crippen LogP contribution in [0.15, 0.2) is 30.3 Å². The number of rotatable bonds is 4. The number of allylic oxidation sites excluding steroid dienone is 2. The summed E-state index contributed by atoms with van der Waals surface area (Å²) in [6.45, 7) is 4.55. The molecule has 1 unspecified atom stereocenters. The quantitative estimate of drug-likeness (QED) is 0.633. The van der Waals surface area contributed by atoms with Crippen molar-refractivity contribution in [1.82, 2.24) is 0 Å². The third-order valence-corrected chi connectivity index (χ3v) is 5.82. The van der Waals surface area contributed by atoms with Crippen molar-refractivity contribution in [1.29, 1.82) is 0 Å². The highest BCUT2D eigenvalue weighted by atomic mass is 16.5. The summed E-state index contributed by atoms with van der Waals surface area (Å²) in [5, 5.41) is 0. The lowest BCUT2D eigenvalue weighted by Gasteiger charge is -2.26. The van der Waals surface area contributed by atoms with Crippen molar-refractivity contribution in [2.24, 2.45) is 11.8 Å². The van der Waals surface area contributed by atoms with Crippen LogP contribution in [0.4, 0.5) is 0 Å². The lowest BCUT2D eigenvalue weighted by molar-refractivity contribution is 0.0174. The summed E-state index contributed by atoms with van der Waals surface area (Å²) in [5.74, 6) is 1.46. The summed E-state index contributed by atoms with van der Waals surface area (Å²) in [6, 6.07) is 8.01. The molecule has 2 aliphatic carbocycles. The second kappa shape index (κ2) is 8.00. The van der Waals surface area contributed by atoms with E-state index in [1.54, 1.807) is 0 Å². The fourth-order valence-corrected chi connectivity index (χ4v) is 3.91. The van der Waals surface area contributed by atoms with Gasteiger partial charge < -0.3 is 4.74 Å². The van der Waals surface area contributed by atoms with Crippen molar-refractivity contribution >= 4 is 11.5 Å². The van der Waals surface area contributed by atoms with Crippen LogP contribution in [-0.2, 0) is 4.74 Å². The molecule has 2 aliphatic rings. The van der Waals surface area contributed by atoms with Crippen LogP contribution >= 0.6 is 0 Å². The van der Waals surface area contributed by atoms with Crippen molar-refractivity contribution < 1.29 is 9.53 Å². The summed E-state index contributed by atoms with van der Waals surface area (Å²) in [5.41, 5.74) is 3.37. The molecule has 2 heteroatoms. The lowest BCUT2D eigenvalue weighted by atomic mass is 9.85. The highest BCUT2D eigenvalue weighted by Gasteiger charge is 2.22. The predicted octanol–water partition coefficient (Wildman–Crippen LogP) is 6.02. The number of carbonyl (C=O) groups excluding carboxylic acids is 1. The highest BCUT2D eigenvalue weighted by Crippen LogP contribution is 2.32. The van der Waals surface area contributed by atoms with Crippen molar-refractivity contribution in [2.45, 2.75) is 71.3 Å². The van der Waals surface area contributed by atoms with E-state index in [4.69, 9.17) is 4.74 Å². The van der Waals surface area contributed by atoms with Crippen LogP contribution in [0.3, 0.4) is 0 Å². The molecule has 0 bridgehead atoms. The molecular formula is C22H30O2. The van der Waals surface area contributed by atoms with Gasteiger partial charge in [-0.1, -0.05) is 38.5 Å². The molecule has 1 fully saturated rings. The maximum atomic E-state index is 12.3. The SMILES string of the molecule is CCC1CC=C(c2ccc(C(=O)OC3CCC(C)CC3)cc2)CC1. The molecule has 1 saturated carbocycles. The van der Waals surface area contributed by atoms with Gasteiger partial charge in [-0.25, -0.2) is 4.79 Å². The van der Waals surface area contributed by atoms with E-state index in [0.717, 1.165) is 31.1 Å². The first-order chi connectivity index (χ1) is 11.7. The van der Waals surface area contributed by atoms with Gasteiger partial charge in [0.05, 0.1) is 5.56 Å². The first-order valence-electron chi connectivity index (χ1n) is 9.66. The van der Waals surface area contributed by atoms with Gasteiger partial charge in [-0.2, -0.15) is 0 Å². The smallest absolute Gasteiger partial charge is 0.338 e. The van der Waals surface area contributed by atoms with Gasteiger partial charge in [0.1, 0.15) is 6.10 Å². The summed E-state index contributed by atoms with van der Waals surface area (Å²) in [4.78, 5) is 12.3. The second-order valence-electron chi connectivity index (χ2n) is 7.64. The van der Waals surface area contributed by atoms with E-state index < -0.39 is 0 Å². The first kappa shape index (κ1) is 17.3. The minimum Gasteiger partial charge on any atom is -0.459 e. The van der Waals surface area contributed by atoms with Crippen LogP contribution < -0.4 is 0 Å². The van der Waals surface area contributed by atoms with Gasteiger partial charge >= 0.3 is 5.97 Å². The first-order valence-corrected chi connectivity index (χ1v) is 9.66. The average molecular weight is 326 g/mol. The molecule has 1 aromatic rings. The van der Waals surface area contributed by atoms with E-state index in [9.17, 15) is 4.79 Å². The maximum Gasteiger partial charge on any atom is 0.338 e. The number of esters is 1. The van der Waals surface area contributed by atoms with E-state index in [-0.39, 0.29) is 12.1 Å². The maximum absolute atomic E-state index is 12.3. The Kier molecular flexibility index (Phi) is 5.76. The molecule has 0 saturated heterocycles. The summed E-state index contributed by atoms with van der Waals surface area (Å²) in [7, 11) is 0. The highest BCUT2D eigenvalue weighted by molar-refractivity contribution is 5.90. The van der Waals surface area contributed by atoms with Gasteiger partial charge in [-0.15, -0.1) is 0 Å². The molecule has 0 amide bonds. The molecule has 0 aliphatic heterocycles. The standard InChI is InChI=1S/C22H30O2/c1-3-17-6-8-18(9-7-17)19-10-12-20(13-11-19)22(23)24-21-14-4-16(2)5-15-21/h8,10-13,16-17,21H,3-7,9,14-15H2,1-2H3. The van der Waals surface area contributed by atoms with Gasteiger partial charge in [0, 0.05) is 0 Å². The summed E-state index contributed by atoms with van der Waals surface area (Å²) >= 11 is 0. The average Bonchev–Trinajstić information content (AvgIpc) is 2.64. The molecule has 1 aromatic carbocycles. The zero-order valence-electron chi connectivity index (χ0n) is 15.1. The lowest BCUT2D eigenvalue weighted by Crippen LogP contribution is -2.23. The molecule has 24 heavy (non-hydrogen) atoms. The van der Waals surface area contributed by atoms with Crippen LogP contribution in [0.1, 0.15) is 81.1 Å². The Morgan fingerprint density at radius 3 is 2.38 bits per heavy atom. The van der Waals surface area contributed by atoms with E-state index in [0.29, 0.717) is 5.56 Å². The number of carbonyl (C=O) groups is 1. The Morgan fingerprint density at radius 2 is 1.79 bits per heavy atom. The van der Waals surface area contributed by atoms with Crippen LogP contribution in [-0.4, -0.2) is 12.1 Å². The Labute approximate surface area is 146 Å². The zero-order chi connectivity index (χ0) is 16.9. The Morgan fingerprint density at radius 1 is 1.08 bits per heavy atom. The molecular weight excluding hydrogens is 296 g/mol. The summed E-state index contributed by atoms with van der Waals surface area (Å²) in [6.07, 6.45) is 11.8. The fraction of sp³-hybridized carbons (Fsp3) is 0.591. The van der Waals surface area contributed by atoms with Crippen LogP contribution in [0.25, 0.3) is 5.57 Å². The minimum atomic E-state index is -0.162. The fourth-order valence-electron chi connectivity index (χ4n) is 3.91. The second-order valence-corrected chi connectivity index (χ2v) is 7.64. The van der Waals surface area contributed by atoms with E-state index >= 15 is 0 Å². The molecule has 0 radical (unpaired) electrons. The van der Waals surface area contributed by atoms with Gasteiger partial charge in [-0.05, 0) is 80.1 Å². The molecule has 0 N–H and O–H groups in total. The number of hydrogen-bond acceptors (Lipinski definition) is 2. The van der Waals surface area contributed by atoms with Gasteiger partial charge in [-0.3, -0.25) is 0 Å². The molecule has 1 atom stereocenters. The third-order valence-electron chi connectivity index (χ3n) is 5.82. The Bertz CT molecular complexity index is 576. The molecule has 0 aromatic heterocycles. The van der Waals surface area contributed by atoms with Gasteiger partial charge in [0.25, 0.3) is 0 Å². The van der Waals surface area contributed by atoms with E-state index in [1.807, 2.05) is 12.1 Å². The van der Waals surface area contributed by atoms with Crippen LogP contribution in [0.2, 0.25) is 0 Å². The molecule has 2 nitrogen and oxygen atoms in total. The van der Waals surface area contributed by atoms with Crippen molar-refractivity contribution in [3.63, 3.8) is 0 Å². The monoisotopic (exact) mass is 326 g/mol. The normalized spacial score (nSPS) is 27.4. The molecule has 130 valence electrons. The number of benzene rings is 1. The van der Waals surface area contributed by atoms with Crippen molar-refractivity contribution in [3.05, 3.63) is 41.5 Å². The molecule has 0 heterocycles. The van der Waals surface area contributed by atoms with Crippen molar-refractivity contribution in [3.8, 4) is 0 Å². The predicted molar refractivity (Wildman–Crippen MR) is 98.9 cm³/mol. The van der Waals surface area contributed by atoms with E-state index in [2.05, 4.69) is 32.1 Å². The molecule has 0 spiro atoms. The third kappa shape index (κ3) is 4.28. The van der Waals surface area contributed by atoms with Crippen molar-refractivity contribution in [2.75, 3.05) is 0 Å². The zero-order valence-corrected chi connectivity index (χ0v) is 15.1. The Balaban J connectivity index is 1.58. The Hall–Kier alpha value is -1.57. The minimum absolute atomic E-state index is 0.111. The number of ether oxygens (including phenoxy) is 1.